The molecule has 0 aliphatic heterocycles. The molecule has 0 saturated heterocycles. The largest absolute Gasteiger partial charge is 0.497 e. The van der Waals surface area contributed by atoms with Gasteiger partial charge in [-0.2, -0.15) is 0 Å². The van der Waals surface area contributed by atoms with Gasteiger partial charge in [0, 0.05) is 6.42 Å². The summed E-state index contributed by atoms with van der Waals surface area (Å²) in [6.07, 6.45) is 1.71. The van der Waals surface area contributed by atoms with E-state index in [2.05, 4.69) is 43.3 Å². The summed E-state index contributed by atoms with van der Waals surface area (Å²) in [4.78, 5) is 4.53. The van der Waals surface area contributed by atoms with Gasteiger partial charge in [0.05, 0.1) is 12.6 Å². The standard InChI is InChI=1S/C14H23N3O/c1-14(2,3)16-13(17-15)10-7-11-5-8-12(18-4)9-6-11/h5-6,8-9H,7,10,15H2,1-4H3,(H,16,17). The predicted octanol–water partition coefficient (Wildman–Crippen LogP) is 2.29. The summed E-state index contributed by atoms with van der Waals surface area (Å²) in [6.45, 7) is 6.16. The Morgan fingerprint density at radius 3 is 2.33 bits per heavy atom. The first kappa shape index (κ1) is 14.5. The number of nitrogens with one attached hydrogen (secondary N) is 1. The second-order valence-electron chi connectivity index (χ2n) is 5.22. The number of amidine groups is 1. The van der Waals surface area contributed by atoms with Crippen LogP contribution in [0.15, 0.2) is 29.3 Å². The zero-order chi connectivity index (χ0) is 13.6. The predicted molar refractivity (Wildman–Crippen MR) is 75.8 cm³/mol. The van der Waals surface area contributed by atoms with E-state index < -0.39 is 0 Å². The average molecular weight is 249 g/mol. The second kappa shape index (κ2) is 6.40. The molecule has 0 radical (unpaired) electrons. The lowest BCUT2D eigenvalue weighted by molar-refractivity contribution is 0.414. The molecule has 4 heteroatoms. The Balaban J connectivity index is 2.60. The van der Waals surface area contributed by atoms with Gasteiger partial charge in [0.1, 0.15) is 11.6 Å². The lowest BCUT2D eigenvalue weighted by Crippen LogP contribution is -2.33. The summed E-state index contributed by atoms with van der Waals surface area (Å²) in [5, 5.41) is 0. The van der Waals surface area contributed by atoms with Gasteiger partial charge in [-0.3, -0.25) is 4.99 Å². The van der Waals surface area contributed by atoms with Gasteiger partial charge in [-0.1, -0.05) is 12.1 Å². The van der Waals surface area contributed by atoms with Gasteiger partial charge < -0.3 is 10.2 Å². The summed E-state index contributed by atoms with van der Waals surface area (Å²) in [5.74, 6) is 7.20. The SMILES string of the molecule is COc1ccc(CCC(=NC(C)(C)C)NN)cc1. The summed E-state index contributed by atoms with van der Waals surface area (Å²) < 4.78 is 5.13. The number of methoxy groups -OCH3 is 1. The molecule has 3 N–H and O–H groups in total. The second-order valence-corrected chi connectivity index (χ2v) is 5.22. The first-order valence-electron chi connectivity index (χ1n) is 6.13. The normalized spacial score (nSPS) is 12.4. The first-order valence-corrected chi connectivity index (χ1v) is 6.13. The van der Waals surface area contributed by atoms with Crippen molar-refractivity contribution in [3.8, 4) is 5.75 Å². The molecule has 1 aromatic rings. The van der Waals surface area contributed by atoms with Crippen molar-refractivity contribution >= 4 is 5.84 Å². The summed E-state index contributed by atoms with van der Waals surface area (Å²) in [6, 6.07) is 8.05. The zero-order valence-electron chi connectivity index (χ0n) is 11.7. The maximum atomic E-state index is 5.49. The fraction of sp³-hybridized carbons (Fsp3) is 0.500. The molecule has 0 fully saturated rings. The van der Waals surface area contributed by atoms with Gasteiger partial charge >= 0.3 is 0 Å². The molecule has 18 heavy (non-hydrogen) atoms. The Hall–Kier alpha value is -1.55. The van der Waals surface area contributed by atoms with Crippen LogP contribution in [0.2, 0.25) is 0 Å². The van der Waals surface area contributed by atoms with Crippen molar-refractivity contribution in [2.45, 2.75) is 39.2 Å². The van der Waals surface area contributed by atoms with Crippen molar-refractivity contribution in [3.05, 3.63) is 29.8 Å². The van der Waals surface area contributed by atoms with Gasteiger partial charge in [0.25, 0.3) is 0 Å². The Morgan fingerprint density at radius 1 is 1.28 bits per heavy atom. The molecular weight excluding hydrogens is 226 g/mol. The molecular formula is C14H23N3O. The van der Waals surface area contributed by atoms with Gasteiger partial charge in [-0.05, 0) is 44.9 Å². The third-order valence-corrected chi connectivity index (χ3v) is 2.45. The smallest absolute Gasteiger partial charge is 0.118 e. The van der Waals surface area contributed by atoms with E-state index >= 15 is 0 Å². The molecule has 0 aromatic heterocycles. The van der Waals surface area contributed by atoms with Crippen LogP contribution in [-0.2, 0) is 6.42 Å². The molecule has 0 unspecified atom stereocenters. The van der Waals surface area contributed by atoms with Crippen LogP contribution in [0.3, 0.4) is 0 Å². The van der Waals surface area contributed by atoms with Crippen molar-refractivity contribution < 1.29 is 4.74 Å². The third kappa shape index (κ3) is 5.19. The third-order valence-electron chi connectivity index (χ3n) is 2.45. The van der Waals surface area contributed by atoms with E-state index in [-0.39, 0.29) is 5.54 Å². The zero-order valence-corrected chi connectivity index (χ0v) is 11.7. The maximum absolute atomic E-state index is 5.49. The monoisotopic (exact) mass is 249 g/mol. The van der Waals surface area contributed by atoms with Crippen molar-refractivity contribution in [3.63, 3.8) is 0 Å². The van der Waals surface area contributed by atoms with Gasteiger partial charge in [0.15, 0.2) is 0 Å². The number of rotatable bonds is 4. The maximum Gasteiger partial charge on any atom is 0.118 e. The molecule has 4 nitrogen and oxygen atoms in total. The van der Waals surface area contributed by atoms with Crippen molar-refractivity contribution in [1.29, 1.82) is 0 Å². The number of hydrogen-bond donors (Lipinski definition) is 2. The molecule has 100 valence electrons. The highest BCUT2D eigenvalue weighted by Crippen LogP contribution is 2.13. The van der Waals surface area contributed by atoms with Gasteiger partial charge in [-0.15, -0.1) is 0 Å². The number of benzene rings is 1. The molecule has 0 atom stereocenters. The number of nitrogens with two attached hydrogens (primary N) is 1. The Morgan fingerprint density at radius 2 is 1.89 bits per heavy atom. The van der Waals surface area contributed by atoms with Crippen LogP contribution in [0.1, 0.15) is 32.8 Å². The molecule has 0 aliphatic rings. The molecule has 0 amide bonds. The van der Waals surface area contributed by atoms with Crippen LogP contribution in [-0.4, -0.2) is 18.5 Å². The Kier molecular flexibility index (Phi) is 5.16. The Bertz CT molecular complexity index is 390. The number of aryl methyl sites for hydroxylation is 1. The van der Waals surface area contributed by atoms with Crippen molar-refractivity contribution in [1.82, 2.24) is 5.43 Å². The summed E-state index contributed by atoms with van der Waals surface area (Å²) in [5.41, 5.74) is 3.81. The van der Waals surface area contributed by atoms with E-state index in [9.17, 15) is 0 Å². The van der Waals surface area contributed by atoms with E-state index in [1.165, 1.54) is 5.56 Å². The van der Waals surface area contributed by atoms with Crippen molar-refractivity contribution in [2.75, 3.05) is 7.11 Å². The highest BCUT2D eigenvalue weighted by atomic mass is 16.5. The van der Waals surface area contributed by atoms with Crippen LogP contribution in [0, 0.1) is 0 Å². The summed E-state index contributed by atoms with van der Waals surface area (Å²) >= 11 is 0. The number of nitrogens with zero attached hydrogens (tertiary/aromatic N) is 1. The minimum absolute atomic E-state index is 0.110. The minimum Gasteiger partial charge on any atom is -0.497 e. The highest BCUT2D eigenvalue weighted by molar-refractivity contribution is 5.82. The summed E-state index contributed by atoms with van der Waals surface area (Å²) in [7, 11) is 1.67. The van der Waals surface area contributed by atoms with Crippen LogP contribution >= 0.6 is 0 Å². The van der Waals surface area contributed by atoms with E-state index in [0.29, 0.717) is 0 Å². The van der Waals surface area contributed by atoms with E-state index in [1.54, 1.807) is 7.11 Å². The van der Waals surface area contributed by atoms with Crippen LogP contribution in [0.25, 0.3) is 0 Å². The number of aliphatic imine (C=N–C) groups is 1. The quantitative estimate of drug-likeness (QED) is 0.372. The van der Waals surface area contributed by atoms with Crippen LogP contribution in [0.4, 0.5) is 0 Å². The van der Waals surface area contributed by atoms with E-state index in [4.69, 9.17) is 10.6 Å². The molecule has 0 saturated carbocycles. The fourth-order valence-electron chi connectivity index (χ4n) is 1.62. The van der Waals surface area contributed by atoms with E-state index in [0.717, 1.165) is 24.4 Å². The van der Waals surface area contributed by atoms with E-state index in [1.807, 2.05) is 12.1 Å². The molecule has 0 aliphatic carbocycles. The average Bonchev–Trinajstić information content (AvgIpc) is 2.33. The van der Waals surface area contributed by atoms with Gasteiger partial charge in [0.2, 0.25) is 0 Å². The Labute approximate surface area is 109 Å². The fourth-order valence-corrected chi connectivity index (χ4v) is 1.62. The first-order chi connectivity index (χ1) is 8.44. The molecule has 0 bridgehead atoms. The van der Waals surface area contributed by atoms with Crippen LogP contribution < -0.4 is 16.0 Å². The van der Waals surface area contributed by atoms with Crippen LogP contribution in [0.5, 0.6) is 5.75 Å². The number of ether oxygens (including phenoxy) is 1. The molecule has 0 spiro atoms. The number of hydrogen-bond acceptors (Lipinski definition) is 3. The topological polar surface area (TPSA) is 59.6 Å². The molecule has 1 aromatic carbocycles. The lowest BCUT2D eigenvalue weighted by Gasteiger charge is -2.15. The molecule has 0 heterocycles. The van der Waals surface area contributed by atoms with Gasteiger partial charge in [-0.25, -0.2) is 5.84 Å². The highest BCUT2D eigenvalue weighted by Gasteiger charge is 2.09. The number of hydrazine groups is 1. The molecule has 1 rings (SSSR count). The van der Waals surface area contributed by atoms with Crippen molar-refractivity contribution in [2.24, 2.45) is 10.8 Å². The lowest BCUT2D eigenvalue weighted by atomic mass is 10.1. The minimum atomic E-state index is -0.110.